The number of hydrogen-bond donors (Lipinski definition) is 0. The minimum atomic E-state index is -0.898. The van der Waals surface area contributed by atoms with E-state index in [0.717, 1.165) is 29.9 Å². The molecule has 0 bridgehead atoms. The van der Waals surface area contributed by atoms with Gasteiger partial charge in [0.1, 0.15) is 0 Å². The largest absolute Gasteiger partial charge is 0.348 e. The van der Waals surface area contributed by atoms with Gasteiger partial charge in [-0.1, -0.05) is 30.3 Å². The first kappa shape index (κ1) is 17.8. The van der Waals surface area contributed by atoms with E-state index in [1.807, 2.05) is 53.6 Å². The van der Waals surface area contributed by atoms with Crippen LogP contribution in [0.25, 0.3) is 0 Å². The van der Waals surface area contributed by atoms with E-state index in [9.17, 15) is 13.6 Å². The molecule has 27 heavy (non-hydrogen) atoms. The molecule has 1 unspecified atom stereocenters. The fourth-order valence-electron chi connectivity index (χ4n) is 3.43. The van der Waals surface area contributed by atoms with Gasteiger partial charge < -0.3 is 9.47 Å². The molecule has 0 fully saturated rings. The molecule has 2 heterocycles. The SMILES string of the molecule is O=C(CSc1ccc(F)c(F)c1)N1CCn2cccc2C1c1ccccc1. The van der Waals surface area contributed by atoms with Crippen LogP contribution in [-0.4, -0.2) is 27.7 Å². The van der Waals surface area contributed by atoms with Gasteiger partial charge >= 0.3 is 0 Å². The fourth-order valence-corrected chi connectivity index (χ4v) is 4.24. The van der Waals surface area contributed by atoms with Crippen molar-refractivity contribution in [2.45, 2.75) is 17.5 Å². The molecule has 138 valence electrons. The third kappa shape index (κ3) is 3.62. The molecular formula is C21H18F2N2OS. The average Bonchev–Trinajstić information content (AvgIpc) is 3.17. The van der Waals surface area contributed by atoms with Crippen molar-refractivity contribution in [1.82, 2.24) is 9.47 Å². The number of thioether (sulfide) groups is 1. The Morgan fingerprint density at radius 1 is 1.00 bits per heavy atom. The van der Waals surface area contributed by atoms with Crippen LogP contribution in [0.3, 0.4) is 0 Å². The van der Waals surface area contributed by atoms with Crippen LogP contribution in [0.15, 0.2) is 71.8 Å². The quantitative estimate of drug-likeness (QED) is 0.619. The second kappa shape index (κ2) is 7.56. The molecular weight excluding hydrogens is 366 g/mol. The first-order valence-corrected chi connectivity index (χ1v) is 9.69. The van der Waals surface area contributed by atoms with Crippen LogP contribution < -0.4 is 0 Å². The van der Waals surface area contributed by atoms with E-state index in [0.29, 0.717) is 11.4 Å². The van der Waals surface area contributed by atoms with Gasteiger partial charge in [-0.25, -0.2) is 8.78 Å². The van der Waals surface area contributed by atoms with Crippen molar-refractivity contribution in [3.63, 3.8) is 0 Å². The van der Waals surface area contributed by atoms with Crippen LogP contribution in [-0.2, 0) is 11.3 Å². The first-order valence-electron chi connectivity index (χ1n) is 8.71. The molecule has 0 N–H and O–H groups in total. The second-order valence-electron chi connectivity index (χ2n) is 6.39. The summed E-state index contributed by atoms with van der Waals surface area (Å²) in [7, 11) is 0. The minimum Gasteiger partial charge on any atom is -0.348 e. The molecule has 1 aromatic heterocycles. The Morgan fingerprint density at radius 2 is 1.81 bits per heavy atom. The van der Waals surface area contributed by atoms with Gasteiger partial charge in [-0.2, -0.15) is 0 Å². The Hall–Kier alpha value is -2.60. The number of hydrogen-bond acceptors (Lipinski definition) is 2. The zero-order valence-electron chi connectivity index (χ0n) is 14.5. The molecule has 3 aromatic rings. The summed E-state index contributed by atoms with van der Waals surface area (Å²) in [6, 6.07) is 17.5. The highest BCUT2D eigenvalue weighted by Crippen LogP contribution is 2.33. The van der Waals surface area contributed by atoms with Gasteiger partial charge in [0.25, 0.3) is 0 Å². The van der Waals surface area contributed by atoms with E-state index in [4.69, 9.17) is 0 Å². The van der Waals surface area contributed by atoms with Crippen LogP contribution in [0.5, 0.6) is 0 Å². The molecule has 1 aliphatic heterocycles. The van der Waals surface area contributed by atoms with Crippen molar-refractivity contribution in [1.29, 1.82) is 0 Å². The van der Waals surface area contributed by atoms with E-state index in [2.05, 4.69) is 4.57 Å². The zero-order valence-corrected chi connectivity index (χ0v) is 15.3. The molecule has 0 radical (unpaired) electrons. The topological polar surface area (TPSA) is 25.2 Å². The summed E-state index contributed by atoms with van der Waals surface area (Å²) in [5.74, 6) is -1.63. The minimum absolute atomic E-state index is 0.0222. The van der Waals surface area contributed by atoms with E-state index in [1.54, 1.807) is 0 Å². The molecule has 1 amide bonds. The van der Waals surface area contributed by atoms with Crippen molar-refractivity contribution in [3.8, 4) is 0 Å². The van der Waals surface area contributed by atoms with E-state index >= 15 is 0 Å². The number of carbonyl (C=O) groups is 1. The van der Waals surface area contributed by atoms with Crippen LogP contribution in [0, 0.1) is 11.6 Å². The normalized spacial score (nSPS) is 16.2. The predicted molar refractivity (Wildman–Crippen MR) is 102 cm³/mol. The molecule has 1 atom stereocenters. The molecule has 0 aliphatic carbocycles. The number of carbonyl (C=O) groups excluding carboxylic acids is 1. The molecule has 4 rings (SSSR count). The Morgan fingerprint density at radius 3 is 2.59 bits per heavy atom. The summed E-state index contributed by atoms with van der Waals surface area (Å²) in [5, 5.41) is 0. The summed E-state index contributed by atoms with van der Waals surface area (Å²) in [6.07, 6.45) is 2.03. The number of rotatable bonds is 4. The van der Waals surface area contributed by atoms with E-state index in [1.165, 1.54) is 17.8 Å². The first-order chi connectivity index (χ1) is 13.1. The van der Waals surface area contributed by atoms with Crippen LogP contribution in [0.4, 0.5) is 8.78 Å². The maximum absolute atomic E-state index is 13.4. The second-order valence-corrected chi connectivity index (χ2v) is 7.44. The van der Waals surface area contributed by atoms with Crippen molar-refractivity contribution < 1.29 is 13.6 Å². The number of amides is 1. The fraction of sp³-hybridized carbons (Fsp3) is 0.190. The van der Waals surface area contributed by atoms with Crippen molar-refractivity contribution >= 4 is 17.7 Å². The predicted octanol–water partition coefficient (Wildman–Crippen LogP) is 4.49. The van der Waals surface area contributed by atoms with Gasteiger partial charge in [0.05, 0.1) is 11.8 Å². The summed E-state index contributed by atoms with van der Waals surface area (Å²) >= 11 is 1.22. The highest BCUT2D eigenvalue weighted by Gasteiger charge is 2.31. The maximum Gasteiger partial charge on any atom is 0.233 e. The lowest BCUT2D eigenvalue weighted by atomic mass is 10.00. The molecule has 0 spiro atoms. The van der Waals surface area contributed by atoms with E-state index in [-0.39, 0.29) is 17.7 Å². The van der Waals surface area contributed by atoms with Crippen molar-refractivity contribution in [2.75, 3.05) is 12.3 Å². The standard InChI is InChI=1S/C21H18F2N2OS/c22-17-9-8-16(13-18(17)23)27-14-20(26)25-12-11-24-10-4-7-19(24)21(25)15-5-2-1-3-6-15/h1-10,13,21H,11-12,14H2. The van der Waals surface area contributed by atoms with Gasteiger partial charge in [0, 0.05) is 29.9 Å². The van der Waals surface area contributed by atoms with E-state index < -0.39 is 11.6 Å². The van der Waals surface area contributed by atoms with Crippen LogP contribution in [0.2, 0.25) is 0 Å². The van der Waals surface area contributed by atoms with Gasteiger partial charge in [-0.3, -0.25) is 4.79 Å². The number of benzene rings is 2. The Balaban J connectivity index is 1.55. The highest BCUT2D eigenvalue weighted by atomic mass is 32.2. The molecule has 1 aliphatic rings. The van der Waals surface area contributed by atoms with Crippen LogP contribution >= 0.6 is 11.8 Å². The number of fused-ring (bicyclic) bond motifs is 1. The molecule has 6 heteroatoms. The third-order valence-electron chi connectivity index (χ3n) is 4.73. The lowest BCUT2D eigenvalue weighted by Crippen LogP contribution is -2.43. The molecule has 0 saturated carbocycles. The Labute approximate surface area is 160 Å². The smallest absolute Gasteiger partial charge is 0.233 e. The van der Waals surface area contributed by atoms with Gasteiger partial charge in [-0.05, 0) is 35.9 Å². The number of aromatic nitrogens is 1. The van der Waals surface area contributed by atoms with Crippen molar-refractivity contribution in [3.05, 3.63) is 89.8 Å². The van der Waals surface area contributed by atoms with Gasteiger partial charge in [-0.15, -0.1) is 11.8 Å². The lowest BCUT2D eigenvalue weighted by Gasteiger charge is -2.37. The number of nitrogens with zero attached hydrogens (tertiary/aromatic N) is 2. The molecule has 0 saturated heterocycles. The highest BCUT2D eigenvalue weighted by molar-refractivity contribution is 8.00. The molecule has 3 nitrogen and oxygen atoms in total. The van der Waals surface area contributed by atoms with Crippen molar-refractivity contribution in [2.24, 2.45) is 0 Å². The van der Waals surface area contributed by atoms with Gasteiger partial charge in [0.2, 0.25) is 5.91 Å². The average molecular weight is 384 g/mol. The van der Waals surface area contributed by atoms with Crippen LogP contribution in [0.1, 0.15) is 17.3 Å². The number of halogens is 2. The summed E-state index contributed by atoms with van der Waals surface area (Å²) in [5.41, 5.74) is 2.14. The third-order valence-corrected chi connectivity index (χ3v) is 5.71. The lowest BCUT2D eigenvalue weighted by molar-refractivity contribution is -0.131. The summed E-state index contributed by atoms with van der Waals surface area (Å²) in [4.78, 5) is 15.4. The zero-order chi connectivity index (χ0) is 18.8. The Kier molecular flexibility index (Phi) is 4.99. The summed E-state index contributed by atoms with van der Waals surface area (Å²) < 4.78 is 28.6. The Bertz CT molecular complexity index is 958. The molecule has 2 aromatic carbocycles. The monoisotopic (exact) mass is 384 g/mol. The van der Waals surface area contributed by atoms with Gasteiger partial charge in [0.15, 0.2) is 11.6 Å². The summed E-state index contributed by atoms with van der Waals surface area (Å²) in [6.45, 7) is 1.35. The maximum atomic E-state index is 13.4.